The van der Waals surface area contributed by atoms with Gasteiger partial charge in [0, 0.05) is 41.4 Å². The molecule has 0 saturated heterocycles. The van der Waals surface area contributed by atoms with Gasteiger partial charge in [-0.25, -0.2) is 9.18 Å². The van der Waals surface area contributed by atoms with Gasteiger partial charge in [0.25, 0.3) is 0 Å². The number of benzene rings is 4. The van der Waals surface area contributed by atoms with Gasteiger partial charge < -0.3 is 19.7 Å². The molecule has 1 fully saturated rings. The van der Waals surface area contributed by atoms with Gasteiger partial charge in [-0.2, -0.15) is 0 Å². The molecule has 45 heavy (non-hydrogen) atoms. The number of para-hydroxylation sites is 1. The molecule has 0 heterocycles. The van der Waals surface area contributed by atoms with Crippen LogP contribution in [0.2, 0.25) is 0 Å². The first-order chi connectivity index (χ1) is 21.9. The van der Waals surface area contributed by atoms with E-state index in [2.05, 4.69) is 5.32 Å². The maximum absolute atomic E-state index is 13.9. The third-order valence-electron chi connectivity index (χ3n) is 8.02. The average molecular weight is 609 g/mol. The van der Waals surface area contributed by atoms with Crippen LogP contribution in [0.3, 0.4) is 0 Å². The smallest absolute Gasteiger partial charge is 0.328 e. The van der Waals surface area contributed by atoms with Crippen LogP contribution in [-0.2, 0) is 20.7 Å². The van der Waals surface area contributed by atoms with E-state index >= 15 is 0 Å². The van der Waals surface area contributed by atoms with Crippen molar-refractivity contribution < 1.29 is 28.2 Å². The van der Waals surface area contributed by atoms with Gasteiger partial charge in [0.05, 0.1) is 13.7 Å². The Kier molecular flexibility index (Phi) is 10.6. The van der Waals surface area contributed by atoms with Gasteiger partial charge in [-0.05, 0) is 67.3 Å². The van der Waals surface area contributed by atoms with Crippen LogP contribution in [0, 0.1) is 11.7 Å². The van der Waals surface area contributed by atoms with Crippen LogP contribution in [0.15, 0.2) is 103 Å². The van der Waals surface area contributed by atoms with Crippen molar-refractivity contribution in [1.29, 1.82) is 0 Å². The fourth-order valence-corrected chi connectivity index (χ4v) is 5.33. The molecular weight excluding hydrogens is 571 g/mol. The molecule has 8 heteroatoms. The van der Waals surface area contributed by atoms with E-state index in [4.69, 9.17) is 9.47 Å². The van der Waals surface area contributed by atoms with Gasteiger partial charge in [0.15, 0.2) is 5.78 Å². The number of carbonyl (C=O) groups is 3. The van der Waals surface area contributed by atoms with E-state index in [1.165, 1.54) is 19.2 Å². The SMILES string of the molecule is COC(=O)[C@H](Cc1ccc(OCCCN(C(=O)C2CCC2)c2cccc(F)c2)cc1)Nc1ccccc1C(=O)c1ccccc1. The lowest BCUT2D eigenvalue weighted by atomic mass is 9.84. The van der Waals surface area contributed by atoms with Crippen molar-refractivity contribution in [3.8, 4) is 5.75 Å². The number of ether oxygens (including phenoxy) is 2. The highest BCUT2D eigenvalue weighted by Gasteiger charge is 2.30. The number of hydrogen-bond donors (Lipinski definition) is 1. The maximum Gasteiger partial charge on any atom is 0.328 e. The zero-order valence-corrected chi connectivity index (χ0v) is 25.3. The van der Waals surface area contributed by atoms with E-state index < -0.39 is 12.0 Å². The fraction of sp³-hybridized carbons (Fsp3) is 0.270. The Morgan fingerprint density at radius 3 is 2.33 bits per heavy atom. The van der Waals surface area contributed by atoms with Gasteiger partial charge in [-0.1, -0.05) is 67.1 Å². The number of esters is 1. The van der Waals surface area contributed by atoms with Crippen molar-refractivity contribution >= 4 is 29.0 Å². The summed E-state index contributed by atoms with van der Waals surface area (Å²) in [5.74, 6) is -0.265. The molecule has 0 unspecified atom stereocenters. The first-order valence-corrected chi connectivity index (χ1v) is 15.2. The van der Waals surface area contributed by atoms with E-state index in [9.17, 15) is 18.8 Å². The second-order valence-electron chi connectivity index (χ2n) is 11.1. The minimum absolute atomic E-state index is 0.00265. The van der Waals surface area contributed by atoms with Crippen LogP contribution in [0.1, 0.15) is 47.2 Å². The largest absolute Gasteiger partial charge is 0.494 e. The van der Waals surface area contributed by atoms with Crippen molar-refractivity contribution in [2.24, 2.45) is 5.92 Å². The molecule has 1 saturated carbocycles. The first kappa shape index (κ1) is 31.4. The molecular formula is C37H37FN2O5. The summed E-state index contributed by atoms with van der Waals surface area (Å²) in [6, 6.07) is 29.0. The van der Waals surface area contributed by atoms with Gasteiger partial charge in [-0.15, -0.1) is 0 Å². The minimum Gasteiger partial charge on any atom is -0.494 e. The van der Waals surface area contributed by atoms with Crippen LogP contribution in [0.4, 0.5) is 15.8 Å². The van der Waals surface area contributed by atoms with Gasteiger partial charge >= 0.3 is 5.97 Å². The molecule has 1 N–H and O–H groups in total. The predicted molar refractivity (Wildman–Crippen MR) is 172 cm³/mol. The third kappa shape index (κ3) is 8.15. The van der Waals surface area contributed by atoms with Crippen LogP contribution >= 0.6 is 0 Å². The van der Waals surface area contributed by atoms with Crippen LogP contribution in [0.25, 0.3) is 0 Å². The lowest BCUT2D eigenvalue weighted by molar-refractivity contribution is -0.141. The first-order valence-electron chi connectivity index (χ1n) is 15.2. The summed E-state index contributed by atoms with van der Waals surface area (Å²) in [5.41, 5.74) is 3.01. The number of ketones is 1. The number of anilines is 2. The predicted octanol–water partition coefficient (Wildman–Crippen LogP) is 6.86. The molecule has 1 aliphatic carbocycles. The second kappa shape index (κ2) is 15.1. The highest BCUT2D eigenvalue weighted by atomic mass is 19.1. The summed E-state index contributed by atoms with van der Waals surface area (Å²) in [5, 5.41) is 3.22. The molecule has 0 bridgehead atoms. The highest BCUT2D eigenvalue weighted by molar-refractivity contribution is 6.12. The Hall–Kier alpha value is -4.98. The highest BCUT2D eigenvalue weighted by Crippen LogP contribution is 2.30. The number of halogens is 1. The summed E-state index contributed by atoms with van der Waals surface area (Å²) in [4.78, 5) is 40.7. The molecule has 1 amide bonds. The summed E-state index contributed by atoms with van der Waals surface area (Å²) < 4.78 is 24.9. The number of rotatable bonds is 14. The summed E-state index contributed by atoms with van der Waals surface area (Å²) in [6.07, 6.45) is 3.69. The standard InChI is InChI=1S/C37H37FN2O5/c1-44-37(43)34(39-33-17-6-5-16-32(33)35(41)27-10-3-2-4-11-27)24-26-18-20-31(21-19-26)45-23-9-22-40(36(42)28-12-7-13-28)30-15-8-14-29(38)25-30/h2-6,8,10-11,14-21,25,28,34,39H,7,9,12-13,22-24H2,1H3/t34-/m0/s1. The van der Waals surface area contributed by atoms with Crippen molar-refractivity contribution in [2.75, 3.05) is 30.5 Å². The van der Waals surface area contributed by atoms with Gasteiger partial charge in [-0.3, -0.25) is 9.59 Å². The fourth-order valence-electron chi connectivity index (χ4n) is 5.33. The quantitative estimate of drug-likeness (QED) is 0.0957. The molecule has 0 spiro atoms. The van der Waals surface area contributed by atoms with E-state index in [1.807, 2.05) is 48.5 Å². The molecule has 0 aliphatic heterocycles. The zero-order valence-electron chi connectivity index (χ0n) is 25.3. The Balaban J connectivity index is 1.19. The normalized spacial score (nSPS) is 13.3. The average Bonchev–Trinajstić information content (AvgIpc) is 3.04. The van der Waals surface area contributed by atoms with Crippen LogP contribution in [0.5, 0.6) is 5.75 Å². The topological polar surface area (TPSA) is 84.9 Å². The number of carbonyl (C=O) groups excluding carboxylic acids is 3. The molecule has 4 aromatic carbocycles. The third-order valence-corrected chi connectivity index (χ3v) is 8.02. The number of nitrogens with zero attached hydrogens (tertiary/aromatic N) is 1. The Morgan fingerprint density at radius 2 is 1.64 bits per heavy atom. The van der Waals surface area contributed by atoms with Crippen LogP contribution < -0.4 is 15.0 Å². The van der Waals surface area contributed by atoms with Crippen molar-refractivity contribution in [1.82, 2.24) is 0 Å². The number of amides is 1. The van der Waals surface area contributed by atoms with Crippen molar-refractivity contribution in [2.45, 2.75) is 38.1 Å². The van der Waals surface area contributed by atoms with Gasteiger partial charge in [0.1, 0.15) is 17.6 Å². The van der Waals surface area contributed by atoms with Crippen LogP contribution in [-0.4, -0.2) is 44.0 Å². The lowest BCUT2D eigenvalue weighted by Gasteiger charge is -2.31. The minimum atomic E-state index is -0.728. The van der Waals surface area contributed by atoms with E-state index in [1.54, 1.807) is 47.4 Å². The Morgan fingerprint density at radius 1 is 0.911 bits per heavy atom. The number of methoxy groups -OCH3 is 1. The summed E-state index contributed by atoms with van der Waals surface area (Å²) >= 11 is 0. The molecule has 232 valence electrons. The maximum atomic E-state index is 13.9. The van der Waals surface area contributed by atoms with E-state index in [0.29, 0.717) is 54.2 Å². The molecule has 5 rings (SSSR count). The lowest BCUT2D eigenvalue weighted by Crippen LogP contribution is -2.40. The van der Waals surface area contributed by atoms with Crippen molar-refractivity contribution in [3.63, 3.8) is 0 Å². The molecule has 4 aromatic rings. The number of nitrogens with one attached hydrogen (secondary N) is 1. The molecule has 0 aromatic heterocycles. The second-order valence-corrected chi connectivity index (χ2v) is 11.1. The summed E-state index contributed by atoms with van der Waals surface area (Å²) in [7, 11) is 1.34. The Bertz CT molecular complexity index is 1600. The van der Waals surface area contributed by atoms with Crippen molar-refractivity contribution in [3.05, 3.63) is 126 Å². The zero-order chi connectivity index (χ0) is 31.6. The number of hydrogen-bond acceptors (Lipinski definition) is 6. The van der Waals surface area contributed by atoms with E-state index in [-0.39, 0.29) is 23.4 Å². The Labute approximate surface area is 263 Å². The molecule has 1 atom stereocenters. The van der Waals surface area contributed by atoms with E-state index in [0.717, 1.165) is 24.8 Å². The summed E-state index contributed by atoms with van der Waals surface area (Å²) in [6.45, 7) is 0.805. The molecule has 7 nitrogen and oxygen atoms in total. The molecule has 1 aliphatic rings. The van der Waals surface area contributed by atoms with Gasteiger partial charge in [0.2, 0.25) is 5.91 Å². The monoisotopic (exact) mass is 608 g/mol. The molecule has 0 radical (unpaired) electrons.